The van der Waals surface area contributed by atoms with E-state index in [4.69, 9.17) is 11.6 Å². The summed E-state index contributed by atoms with van der Waals surface area (Å²) in [6.07, 6.45) is -0.359. The number of fused-ring (bicyclic) bond motifs is 1. The Balaban J connectivity index is 1.91. The molecule has 0 aliphatic heterocycles. The minimum Gasteiger partial charge on any atom is -0.382 e. The molecule has 0 spiro atoms. The number of halogens is 5. The van der Waals surface area contributed by atoms with Crippen molar-refractivity contribution in [1.29, 1.82) is 5.26 Å². The predicted molar refractivity (Wildman–Crippen MR) is 127 cm³/mol. The van der Waals surface area contributed by atoms with Gasteiger partial charge in [-0.3, -0.25) is 4.99 Å². The molecule has 4 N–H and O–H groups in total. The van der Waals surface area contributed by atoms with E-state index in [2.05, 4.69) is 30.1 Å². The van der Waals surface area contributed by atoms with E-state index in [0.717, 1.165) is 37.1 Å². The van der Waals surface area contributed by atoms with Gasteiger partial charge in [-0.2, -0.15) is 28.6 Å². The Bertz CT molecular complexity index is 1600. The van der Waals surface area contributed by atoms with Crippen molar-refractivity contribution < 1.29 is 22.0 Å². The highest BCUT2D eigenvalue weighted by atomic mass is 19.4. The number of hydrogen-bond acceptors (Lipinski definition) is 9. The predicted octanol–water partition coefficient (Wildman–Crippen LogP) is 4.15. The molecule has 3 aromatic heterocycles. The number of nitrogen functional groups attached to an aromatic ring is 1. The molecule has 0 bridgehead atoms. The second-order valence-electron chi connectivity index (χ2n) is 7.81. The van der Waals surface area contributed by atoms with Crippen molar-refractivity contribution in [1.82, 2.24) is 24.6 Å². The lowest BCUT2D eigenvalue weighted by molar-refractivity contribution is -0.144. The lowest BCUT2D eigenvalue weighted by Crippen LogP contribution is -2.19. The highest BCUT2D eigenvalue weighted by Gasteiger charge is 2.35. The summed E-state index contributed by atoms with van der Waals surface area (Å²) in [7, 11) is 0. The van der Waals surface area contributed by atoms with Crippen LogP contribution in [0.15, 0.2) is 47.0 Å². The van der Waals surface area contributed by atoms with Crippen molar-refractivity contribution in [2.24, 2.45) is 15.9 Å². The number of aromatic nitrogens is 5. The minimum absolute atomic E-state index is 0.0186. The van der Waals surface area contributed by atoms with Crippen molar-refractivity contribution in [2.45, 2.75) is 25.4 Å². The van der Waals surface area contributed by atoms with Gasteiger partial charge in [0.15, 0.2) is 11.6 Å². The van der Waals surface area contributed by atoms with Gasteiger partial charge in [-0.15, -0.1) is 0 Å². The van der Waals surface area contributed by atoms with Gasteiger partial charge in [-0.25, -0.2) is 28.2 Å². The number of hydrogen-bond donors (Lipinski definition) is 2. The van der Waals surface area contributed by atoms with E-state index in [-0.39, 0.29) is 51.5 Å². The van der Waals surface area contributed by atoms with Gasteiger partial charge in [0.1, 0.15) is 23.7 Å². The van der Waals surface area contributed by atoms with Crippen molar-refractivity contribution in [3.63, 3.8) is 0 Å². The molecule has 0 fully saturated rings. The number of aliphatic imine (C=N–C) groups is 1. The fourth-order valence-corrected chi connectivity index (χ4v) is 3.93. The molecule has 194 valence electrons. The normalized spacial score (nSPS) is 13.2. The average Bonchev–Trinajstić information content (AvgIpc) is 3.22. The first-order valence-corrected chi connectivity index (χ1v) is 10.8. The zero-order valence-corrected chi connectivity index (χ0v) is 19.4. The molecule has 0 radical (unpaired) electrons. The molecular weight excluding hydrogens is 511 g/mol. The van der Waals surface area contributed by atoms with Crippen molar-refractivity contribution in [3.8, 4) is 17.2 Å². The number of nitrogens with two attached hydrogens (primary N) is 2. The summed E-state index contributed by atoms with van der Waals surface area (Å²) >= 11 is 0. The maximum atomic E-state index is 14.1. The fourth-order valence-electron chi connectivity index (χ4n) is 3.93. The number of anilines is 1. The van der Waals surface area contributed by atoms with Crippen LogP contribution >= 0.6 is 0 Å². The van der Waals surface area contributed by atoms with Crippen LogP contribution in [0.25, 0.3) is 16.6 Å². The third kappa shape index (κ3) is 4.71. The van der Waals surface area contributed by atoms with Gasteiger partial charge < -0.3 is 11.6 Å². The van der Waals surface area contributed by atoms with Crippen LogP contribution in [0.2, 0.25) is 0 Å². The van der Waals surface area contributed by atoms with E-state index in [9.17, 15) is 27.2 Å². The Labute approximate surface area is 211 Å². The van der Waals surface area contributed by atoms with Gasteiger partial charge in [0.25, 0.3) is 0 Å². The van der Waals surface area contributed by atoms with Crippen molar-refractivity contribution >= 4 is 28.9 Å². The van der Waals surface area contributed by atoms with Gasteiger partial charge in [-0.05, 0) is 18.6 Å². The highest BCUT2D eigenvalue weighted by molar-refractivity contribution is 6.33. The fraction of sp³-hybridized carbons (Fsp3) is 0.174. The smallest absolute Gasteiger partial charge is 0.382 e. The number of rotatable bonds is 6. The molecular formula is C23H17F5N10. The molecule has 0 saturated carbocycles. The van der Waals surface area contributed by atoms with Gasteiger partial charge in [-0.1, -0.05) is 6.92 Å². The molecule has 0 aliphatic carbocycles. The maximum absolute atomic E-state index is 14.1. The van der Waals surface area contributed by atoms with E-state index in [1.165, 1.54) is 4.52 Å². The summed E-state index contributed by atoms with van der Waals surface area (Å²) in [6, 6.07) is 4.86. The summed E-state index contributed by atoms with van der Waals surface area (Å²) < 4.78 is 67.7. The number of nitriles is 1. The molecule has 4 aromatic rings. The summed E-state index contributed by atoms with van der Waals surface area (Å²) in [5.41, 5.74) is 6.49. The van der Waals surface area contributed by atoms with E-state index >= 15 is 0 Å². The van der Waals surface area contributed by atoms with Crippen LogP contribution in [0, 0.1) is 23.0 Å². The van der Waals surface area contributed by atoms with Crippen LogP contribution in [-0.4, -0.2) is 36.5 Å². The quantitative estimate of drug-likeness (QED) is 0.165. The van der Waals surface area contributed by atoms with Crippen LogP contribution in [0.5, 0.6) is 0 Å². The first kappa shape index (κ1) is 26.1. The SMILES string of the molecule is CCC(C(C=Nc1ccc(F)cc1F)=NN)c1c(C#N)c(-c2cnc(C(F)(F)F)nc2)c2c(N)ncnn12. The first-order chi connectivity index (χ1) is 18.1. The van der Waals surface area contributed by atoms with Gasteiger partial charge in [0.2, 0.25) is 5.82 Å². The largest absolute Gasteiger partial charge is 0.451 e. The van der Waals surface area contributed by atoms with Crippen LogP contribution in [-0.2, 0) is 6.18 Å². The zero-order valence-electron chi connectivity index (χ0n) is 19.4. The van der Waals surface area contributed by atoms with Gasteiger partial charge in [0, 0.05) is 35.5 Å². The molecule has 15 heteroatoms. The Morgan fingerprint density at radius 3 is 2.50 bits per heavy atom. The van der Waals surface area contributed by atoms with Gasteiger partial charge >= 0.3 is 6.18 Å². The Kier molecular flexibility index (Phi) is 6.98. The Morgan fingerprint density at radius 2 is 1.92 bits per heavy atom. The zero-order chi connectivity index (χ0) is 27.6. The van der Waals surface area contributed by atoms with E-state index < -0.39 is 29.6 Å². The highest BCUT2D eigenvalue weighted by Crippen LogP contribution is 2.39. The number of nitrogens with zero attached hydrogens (tertiary/aromatic N) is 8. The average molecular weight is 528 g/mol. The third-order valence-corrected chi connectivity index (χ3v) is 5.59. The minimum atomic E-state index is -4.77. The van der Waals surface area contributed by atoms with E-state index in [1.54, 1.807) is 6.92 Å². The molecule has 4 rings (SSSR count). The second-order valence-corrected chi connectivity index (χ2v) is 7.81. The van der Waals surface area contributed by atoms with Crippen LogP contribution in [0.1, 0.15) is 36.3 Å². The maximum Gasteiger partial charge on any atom is 0.451 e. The molecule has 38 heavy (non-hydrogen) atoms. The van der Waals surface area contributed by atoms with E-state index in [1.807, 2.05) is 6.07 Å². The first-order valence-electron chi connectivity index (χ1n) is 10.8. The molecule has 1 atom stereocenters. The molecule has 0 aliphatic rings. The number of alkyl halides is 3. The second kappa shape index (κ2) is 10.2. The van der Waals surface area contributed by atoms with Crippen molar-refractivity contribution in [2.75, 3.05) is 5.73 Å². The molecule has 1 unspecified atom stereocenters. The molecule has 3 heterocycles. The van der Waals surface area contributed by atoms with Crippen LogP contribution in [0.4, 0.5) is 33.5 Å². The molecule has 0 amide bonds. The monoisotopic (exact) mass is 528 g/mol. The summed E-state index contributed by atoms with van der Waals surface area (Å²) in [5, 5.41) is 18.1. The summed E-state index contributed by atoms with van der Waals surface area (Å²) in [4.78, 5) is 14.7. The Morgan fingerprint density at radius 1 is 1.21 bits per heavy atom. The van der Waals surface area contributed by atoms with E-state index in [0.29, 0.717) is 6.07 Å². The molecule has 10 nitrogen and oxygen atoms in total. The van der Waals surface area contributed by atoms with Crippen LogP contribution < -0.4 is 11.6 Å². The lowest BCUT2D eigenvalue weighted by atomic mass is 9.92. The third-order valence-electron chi connectivity index (χ3n) is 5.59. The topological polar surface area (TPSA) is 157 Å². The summed E-state index contributed by atoms with van der Waals surface area (Å²) in [6.45, 7) is 1.74. The number of benzene rings is 1. The van der Waals surface area contributed by atoms with Crippen molar-refractivity contribution in [3.05, 3.63) is 65.6 Å². The number of hydrazone groups is 1. The Hall–Kier alpha value is -5.00. The molecule has 0 saturated heterocycles. The summed E-state index contributed by atoms with van der Waals surface area (Å²) in [5.74, 6) is 1.72. The van der Waals surface area contributed by atoms with Gasteiger partial charge in [0.05, 0.1) is 28.9 Å². The standard InChI is InChI=1S/C23H17F5N10/c1-2-13(17(37-31)9-32-16-4-3-12(24)5-15(16)25)19-14(6-29)18(20-21(30)35-10-36-38(19)20)11-7-33-22(34-8-11)23(26,27)28/h3-5,7-10,13H,2,31H2,1H3,(H2,30,35,36). The van der Waals surface area contributed by atoms with Crippen LogP contribution in [0.3, 0.4) is 0 Å². The lowest BCUT2D eigenvalue weighted by Gasteiger charge is -2.15. The molecule has 1 aromatic carbocycles.